The number of pyridine rings is 1. The zero-order valence-corrected chi connectivity index (χ0v) is 14.5. The van der Waals surface area contributed by atoms with E-state index in [1.807, 2.05) is 6.92 Å². The SMILES string of the molecule is CC(C(=O)Nc1ccc(F)cc1)C12CC(NC(=O)c3ccccn3)(C1)C2. The lowest BCUT2D eigenvalue weighted by Gasteiger charge is -2.72. The van der Waals surface area contributed by atoms with Crippen molar-refractivity contribution >= 4 is 17.5 Å². The van der Waals surface area contributed by atoms with E-state index in [0.717, 1.165) is 19.3 Å². The van der Waals surface area contributed by atoms with Gasteiger partial charge in [0.25, 0.3) is 5.91 Å². The van der Waals surface area contributed by atoms with Crippen molar-refractivity contribution in [2.75, 3.05) is 5.32 Å². The molecule has 3 saturated carbocycles. The molecule has 0 spiro atoms. The number of aromatic nitrogens is 1. The van der Waals surface area contributed by atoms with E-state index in [-0.39, 0.29) is 34.5 Å². The molecule has 5 nitrogen and oxygen atoms in total. The lowest BCUT2D eigenvalue weighted by atomic mass is 9.36. The summed E-state index contributed by atoms with van der Waals surface area (Å²) in [5.41, 5.74) is 0.752. The van der Waals surface area contributed by atoms with Crippen LogP contribution >= 0.6 is 0 Å². The van der Waals surface area contributed by atoms with Gasteiger partial charge in [-0.15, -0.1) is 0 Å². The second-order valence-electron chi connectivity index (χ2n) is 7.56. The highest BCUT2D eigenvalue weighted by Gasteiger charge is 2.71. The number of nitrogens with one attached hydrogen (secondary N) is 2. The van der Waals surface area contributed by atoms with Gasteiger partial charge < -0.3 is 10.6 Å². The Labute approximate surface area is 151 Å². The fourth-order valence-electron chi connectivity index (χ4n) is 4.32. The Kier molecular flexibility index (Phi) is 3.79. The molecule has 2 N–H and O–H groups in total. The molecule has 2 aromatic rings. The number of benzene rings is 1. The second-order valence-corrected chi connectivity index (χ2v) is 7.56. The molecule has 5 rings (SSSR count). The van der Waals surface area contributed by atoms with Crippen LogP contribution in [0.1, 0.15) is 36.7 Å². The molecule has 3 fully saturated rings. The van der Waals surface area contributed by atoms with E-state index >= 15 is 0 Å². The summed E-state index contributed by atoms with van der Waals surface area (Å²) in [5, 5.41) is 5.92. The highest BCUT2D eigenvalue weighted by atomic mass is 19.1. The molecule has 0 radical (unpaired) electrons. The van der Waals surface area contributed by atoms with Crippen molar-refractivity contribution in [3.8, 4) is 0 Å². The van der Waals surface area contributed by atoms with Crippen molar-refractivity contribution in [3.63, 3.8) is 0 Å². The monoisotopic (exact) mass is 353 g/mol. The number of nitrogens with zero attached hydrogens (tertiary/aromatic N) is 1. The molecule has 0 aliphatic heterocycles. The van der Waals surface area contributed by atoms with E-state index in [1.165, 1.54) is 12.1 Å². The van der Waals surface area contributed by atoms with Gasteiger partial charge in [0.05, 0.1) is 0 Å². The van der Waals surface area contributed by atoms with Crippen LogP contribution in [0, 0.1) is 17.2 Å². The van der Waals surface area contributed by atoms with E-state index < -0.39 is 0 Å². The first-order chi connectivity index (χ1) is 12.4. The summed E-state index contributed by atoms with van der Waals surface area (Å²) in [6, 6.07) is 11.0. The summed E-state index contributed by atoms with van der Waals surface area (Å²) in [4.78, 5) is 28.8. The topological polar surface area (TPSA) is 71.1 Å². The number of halogens is 1. The molecule has 26 heavy (non-hydrogen) atoms. The minimum Gasteiger partial charge on any atom is -0.345 e. The first-order valence-corrected chi connectivity index (χ1v) is 8.72. The van der Waals surface area contributed by atoms with Crippen molar-refractivity contribution in [1.82, 2.24) is 10.3 Å². The maximum absolute atomic E-state index is 13.0. The lowest BCUT2D eigenvalue weighted by molar-refractivity contribution is -0.184. The number of amides is 2. The van der Waals surface area contributed by atoms with Crippen LogP contribution in [0.15, 0.2) is 48.7 Å². The molecule has 3 aliphatic carbocycles. The Morgan fingerprint density at radius 1 is 1.12 bits per heavy atom. The highest BCUT2D eigenvalue weighted by molar-refractivity contribution is 5.94. The van der Waals surface area contributed by atoms with Gasteiger partial charge in [-0.2, -0.15) is 0 Å². The number of hydrogen-bond donors (Lipinski definition) is 2. The lowest BCUT2D eigenvalue weighted by Crippen LogP contribution is -2.77. The van der Waals surface area contributed by atoms with Gasteiger partial charge in [-0.05, 0) is 61.1 Å². The van der Waals surface area contributed by atoms with Gasteiger partial charge in [-0.3, -0.25) is 14.6 Å². The number of carbonyl (C=O) groups is 2. The molecule has 1 atom stereocenters. The third-order valence-corrected chi connectivity index (χ3v) is 5.77. The predicted octanol–water partition coefficient (Wildman–Crippen LogP) is 3.15. The van der Waals surface area contributed by atoms with Gasteiger partial charge in [-0.1, -0.05) is 13.0 Å². The molecule has 1 aromatic carbocycles. The van der Waals surface area contributed by atoms with Gasteiger partial charge >= 0.3 is 0 Å². The number of hydrogen-bond acceptors (Lipinski definition) is 3. The van der Waals surface area contributed by atoms with E-state index in [2.05, 4.69) is 15.6 Å². The highest BCUT2D eigenvalue weighted by Crippen LogP contribution is 2.70. The Bertz CT molecular complexity index is 831. The van der Waals surface area contributed by atoms with Crippen molar-refractivity contribution in [1.29, 1.82) is 0 Å². The molecule has 2 bridgehead atoms. The summed E-state index contributed by atoms with van der Waals surface area (Å²) >= 11 is 0. The van der Waals surface area contributed by atoms with Crippen LogP contribution in [0.5, 0.6) is 0 Å². The molecule has 1 heterocycles. The predicted molar refractivity (Wildman–Crippen MR) is 94.9 cm³/mol. The molecule has 134 valence electrons. The van der Waals surface area contributed by atoms with Crippen LogP contribution in [0.25, 0.3) is 0 Å². The van der Waals surface area contributed by atoms with E-state index in [1.54, 1.807) is 36.5 Å². The van der Waals surface area contributed by atoms with E-state index in [9.17, 15) is 14.0 Å². The van der Waals surface area contributed by atoms with Crippen LogP contribution in [-0.4, -0.2) is 22.3 Å². The molecular formula is C20H20FN3O2. The van der Waals surface area contributed by atoms with Crippen LogP contribution in [0.3, 0.4) is 0 Å². The second kappa shape index (κ2) is 5.90. The molecule has 3 aliphatic rings. The summed E-state index contributed by atoms with van der Waals surface area (Å²) in [5.74, 6) is -0.731. The van der Waals surface area contributed by atoms with Gasteiger partial charge in [0.2, 0.25) is 5.91 Å². The van der Waals surface area contributed by atoms with Crippen LogP contribution in [-0.2, 0) is 4.79 Å². The minimum atomic E-state index is -0.332. The first kappa shape index (κ1) is 16.7. The van der Waals surface area contributed by atoms with Crippen molar-refractivity contribution in [2.24, 2.45) is 11.3 Å². The summed E-state index contributed by atoms with van der Waals surface area (Å²) in [6.07, 6.45) is 4.00. The Balaban J connectivity index is 1.33. The molecule has 2 amide bonds. The fraction of sp³-hybridized carbons (Fsp3) is 0.350. The minimum absolute atomic E-state index is 0.0541. The third-order valence-electron chi connectivity index (χ3n) is 5.77. The Morgan fingerprint density at radius 3 is 2.42 bits per heavy atom. The molecule has 1 aromatic heterocycles. The maximum atomic E-state index is 13.0. The summed E-state index contributed by atoms with van der Waals surface area (Å²) in [7, 11) is 0. The largest absolute Gasteiger partial charge is 0.345 e. The number of rotatable bonds is 5. The van der Waals surface area contributed by atoms with E-state index in [0.29, 0.717) is 11.4 Å². The molecular weight excluding hydrogens is 333 g/mol. The van der Waals surface area contributed by atoms with Gasteiger partial charge in [0.1, 0.15) is 11.5 Å². The van der Waals surface area contributed by atoms with Gasteiger partial charge in [-0.25, -0.2) is 4.39 Å². The number of carbonyl (C=O) groups excluding carboxylic acids is 2. The van der Waals surface area contributed by atoms with Gasteiger partial charge in [0.15, 0.2) is 0 Å². The molecule has 1 unspecified atom stereocenters. The summed E-state index contributed by atoms with van der Waals surface area (Å²) < 4.78 is 13.0. The number of anilines is 1. The summed E-state index contributed by atoms with van der Waals surface area (Å²) in [6.45, 7) is 1.92. The fourth-order valence-corrected chi connectivity index (χ4v) is 4.32. The van der Waals surface area contributed by atoms with E-state index in [4.69, 9.17) is 0 Å². The average molecular weight is 353 g/mol. The Morgan fingerprint density at radius 2 is 1.81 bits per heavy atom. The van der Waals surface area contributed by atoms with Gasteiger partial charge in [0, 0.05) is 23.3 Å². The quantitative estimate of drug-likeness (QED) is 0.867. The zero-order valence-electron chi connectivity index (χ0n) is 14.5. The first-order valence-electron chi connectivity index (χ1n) is 8.72. The Hall–Kier alpha value is -2.76. The molecule has 6 heteroatoms. The van der Waals surface area contributed by atoms with Crippen LogP contribution in [0.4, 0.5) is 10.1 Å². The molecule has 0 saturated heterocycles. The van der Waals surface area contributed by atoms with Crippen molar-refractivity contribution in [3.05, 3.63) is 60.2 Å². The van der Waals surface area contributed by atoms with Crippen molar-refractivity contribution < 1.29 is 14.0 Å². The third kappa shape index (κ3) is 2.75. The standard InChI is InChI=1S/C20H20FN3O2/c1-13(17(25)23-15-7-5-14(21)6-8-15)19-10-20(11-19,12-19)24-18(26)16-4-2-3-9-22-16/h2-9,13H,10-12H2,1H3,(H,23,25)(H,24,26). The van der Waals surface area contributed by atoms with Crippen LogP contribution < -0.4 is 10.6 Å². The maximum Gasteiger partial charge on any atom is 0.270 e. The zero-order chi connectivity index (χ0) is 18.4. The average Bonchev–Trinajstić information content (AvgIpc) is 2.58. The van der Waals surface area contributed by atoms with Crippen molar-refractivity contribution in [2.45, 2.75) is 31.7 Å². The normalized spacial score (nSPS) is 26.8. The smallest absolute Gasteiger partial charge is 0.270 e. The van der Waals surface area contributed by atoms with Crippen LogP contribution in [0.2, 0.25) is 0 Å².